The summed E-state index contributed by atoms with van der Waals surface area (Å²) in [5.74, 6) is 0. The van der Waals surface area contributed by atoms with E-state index in [1.807, 2.05) is 58.0 Å². The van der Waals surface area contributed by atoms with Gasteiger partial charge in [0, 0.05) is 22.5 Å². The van der Waals surface area contributed by atoms with Gasteiger partial charge in [-0.15, -0.1) is 0 Å². The number of carbonyl (C=O) groups is 1. The lowest BCUT2D eigenvalue weighted by atomic mass is 9.84. The first-order valence-electron chi connectivity index (χ1n) is 7.04. The van der Waals surface area contributed by atoms with Crippen LogP contribution in [0, 0.1) is 11.3 Å². The van der Waals surface area contributed by atoms with Gasteiger partial charge in [0.1, 0.15) is 5.60 Å². The Morgan fingerprint density at radius 1 is 1.50 bits per heavy atom. The van der Waals surface area contributed by atoms with Crippen LogP contribution < -0.4 is 4.90 Å². The zero-order valence-corrected chi connectivity index (χ0v) is 14.8. The van der Waals surface area contributed by atoms with Gasteiger partial charge in [0.2, 0.25) is 0 Å². The van der Waals surface area contributed by atoms with Crippen LogP contribution in [0.25, 0.3) is 0 Å². The molecular formula is C17H19BrN2O2. The van der Waals surface area contributed by atoms with Crippen LogP contribution >= 0.6 is 15.9 Å². The average Bonchev–Trinajstić information content (AvgIpc) is 2.68. The summed E-state index contributed by atoms with van der Waals surface area (Å²) in [7, 11) is 0. The van der Waals surface area contributed by atoms with Crippen molar-refractivity contribution in [2.24, 2.45) is 0 Å². The van der Waals surface area contributed by atoms with Gasteiger partial charge in [-0.05, 0) is 38.5 Å². The molecule has 1 heterocycles. The number of halogens is 1. The highest BCUT2D eigenvalue weighted by atomic mass is 79.9. The number of amides is 1. The molecule has 22 heavy (non-hydrogen) atoms. The van der Waals surface area contributed by atoms with Gasteiger partial charge in [-0.25, -0.2) is 4.79 Å². The third-order valence-corrected chi connectivity index (χ3v) is 3.99. The Morgan fingerprint density at radius 3 is 2.77 bits per heavy atom. The molecule has 1 atom stereocenters. The Labute approximate surface area is 139 Å². The van der Waals surface area contributed by atoms with E-state index in [1.165, 1.54) is 6.08 Å². The van der Waals surface area contributed by atoms with Gasteiger partial charge in [-0.2, -0.15) is 5.26 Å². The molecule has 1 aliphatic heterocycles. The van der Waals surface area contributed by atoms with E-state index >= 15 is 0 Å². The smallest absolute Gasteiger partial charge is 0.414 e. The van der Waals surface area contributed by atoms with Gasteiger partial charge in [-0.1, -0.05) is 35.0 Å². The normalized spacial score (nSPS) is 20.8. The van der Waals surface area contributed by atoms with E-state index in [9.17, 15) is 4.79 Å². The lowest BCUT2D eigenvalue weighted by Gasteiger charge is -2.26. The molecule has 0 bridgehead atoms. The fourth-order valence-corrected chi connectivity index (χ4v) is 2.90. The van der Waals surface area contributed by atoms with E-state index in [1.54, 1.807) is 4.90 Å². The van der Waals surface area contributed by atoms with Crippen molar-refractivity contribution < 1.29 is 9.53 Å². The second-order valence-electron chi connectivity index (χ2n) is 6.61. The molecule has 0 fully saturated rings. The van der Waals surface area contributed by atoms with Crippen LogP contribution in [-0.2, 0) is 10.2 Å². The van der Waals surface area contributed by atoms with Crippen molar-refractivity contribution in [1.29, 1.82) is 5.26 Å². The minimum atomic E-state index is -0.551. The van der Waals surface area contributed by atoms with Crippen LogP contribution in [-0.4, -0.2) is 18.2 Å². The maximum absolute atomic E-state index is 12.5. The van der Waals surface area contributed by atoms with E-state index in [0.29, 0.717) is 6.54 Å². The minimum absolute atomic E-state index is 0.374. The van der Waals surface area contributed by atoms with Crippen molar-refractivity contribution in [3.05, 3.63) is 40.4 Å². The minimum Gasteiger partial charge on any atom is -0.443 e. The number of carbonyl (C=O) groups excluding carboxylic acids is 1. The Kier molecular flexibility index (Phi) is 4.35. The highest BCUT2D eigenvalue weighted by Crippen LogP contribution is 2.43. The maximum Gasteiger partial charge on any atom is 0.414 e. The summed E-state index contributed by atoms with van der Waals surface area (Å²) in [5.41, 5.74) is 0.870. The third-order valence-electron chi connectivity index (χ3n) is 3.49. The van der Waals surface area contributed by atoms with Crippen LogP contribution in [0.5, 0.6) is 0 Å². The van der Waals surface area contributed by atoms with E-state index in [2.05, 4.69) is 15.9 Å². The van der Waals surface area contributed by atoms with Crippen molar-refractivity contribution >= 4 is 27.7 Å². The average molecular weight is 363 g/mol. The Hall–Kier alpha value is -1.80. The first-order valence-corrected chi connectivity index (χ1v) is 7.83. The maximum atomic E-state index is 12.5. The lowest BCUT2D eigenvalue weighted by Crippen LogP contribution is -2.38. The molecule has 0 saturated heterocycles. The molecule has 0 N–H and O–H groups in total. The molecule has 0 spiro atoms. The molecule has 0 saturated carbocycles. The summed E-state index contributed by atoms with van der Waals surface area (Å²) in [6, 6.07) is 7.85. The fraction of sp³-hybridized carbons (Fsp3) is 0.412. The summed E-state index contributed by atoms with van der Waals surface area (Å²) >= 11 is 3.44. The molecule has 0 radical (unpaired) electrons. The standard InChI is InChI=1S/C17H19BrN2O2/c1-16(2,3)22-15(21)20-11-17(4,8-5-9-19)13-7-6-12(18)10-14(13)20/h5-8,10H,11H2,1-4H3/b8-5+. The fourth-order valence-electron chi connectivity index (χ4n) is 2.55. The highest BCUT2D eigenvalue weighted by Gasteiger charge is 2.41. The highest BCUT2D eigenvalue weighted by molar-refractivity contribution is 9.10. The third kappa shape index (κ3) is 3.33. The number of allylic oxidation sites excluding steroid dienone is 1. The van der Waals surface area contributed by atoms with E-state index in [0.717, 1.165) is 15.7 Å². The lowest BCUT2D eigenvalue weighted by molar-refractivity contribution is 0.0580. The molecule has 1 aromatic carbocycles. The molecule has 0 aliphatic carbocycles. The first-order chi connectivity index (χ1) is 10.2. The topological polar surface area (TPSA) is 53.3 Å². The number of anilines is 1. The Balaban J connectivity index is 2.44. The van der Waals surface area contributed by atoms with Gasteiger partial charge in [0.15, 0.2) is 0 Å². The number of nitriles is 1. The number of benzene rings is 1. The van der Waals surface area contributed by atoms with Crippen LogP contribution in [0.1, 0.15) is 33.3 Å². The van der Waals surface area contributed by atoms with Gasteiger partial charge in [-0.3, -0.25) is 4.90 Å². The molecule has 1 amide bonds. The summed E-state index contributed by atoms with van der Waals surface area (Å²) in [6.07, 6.45) is 2.93. The van der Waals surface area contributed by atoms with Crippen molar-refractivity contribution in [3.8, 4) is 6.07 Å². The number of ether oxygens (including phenoxy) is 1. The van der Waals surface area contributed by atoms with Crippen LogP contribution in [0.4, 0.5) is 10.5 Å². The second kappa shape index (κ2) is 5.77. The van der Waals surface area contributed by atoms with Gasteiger partial charge < -0.3 is 4.74 Å². The number of rotatable bonds is 1. The predicted molar refractivity (Wildman–Crippen MR) is 89.8 cm³/mol. The van der Waals surface area contributed by atoms with Gasteiger partial charge in [0.05, 0.1) is 11.8 Å². The number of fused-ring (bicyclic) bond motifs is 1. The summed E-state index contributed by atoms with van der Waals surface area (Å²) in [4.78, 5) is 14.1. The summed E-state index contributed by atoms with van der Waals surface area (Å²) in [6.45, 7) is 8.00. The van der Waals surface area contributed by atoms with Crippen molar-refractivity contribution in [2.45, 2.75) is 38.7 Å². The second-order valence-corrected chi connectivity index (χ2v) is 7.52. The zero-order chi connectivity index (χ0) is 16.5. The van der Waals surface area contributed by atoms with Gasteiger partial charge in [0.25, 0.3) is 0 Å². The number of hydrogen-bond acceptors (Lipinski definition) is 3. The Morgan fingerprint density at radius 2 is 2.18 bits per heavy atom. The van der Waals surface area contributed by atoms with Crippen LogP contribution in [0.3, 0.4) is 0 Å². The monoisotopic (exact) mass is 362 g/mol. The van der Waals surface area contributed by atoms with Crippen LogP contribution in [0.2, 0.25) is 0 Å². The van der Waals surface area contributed by atoms with Crippen molar-refractivity contribution in [2.75, 3.05) is 11.4 Å². The molecule has 4 nitrogen and oxygen atoms in total. The molecular weight excluding hydrogens is 344 g/mol. The molecule has 5 heteroatoms. The molecule has 0 aromatic heterocycles. The Bertz CT molecular complexity index is 670. The number of nitrogens with zero attached hydrogens (tertiary/aromatic N) is 2. The van der Waals surface area contributed by atoms with E-state index < -0.39 is 11.0 Å². The molecule has 2 rings (SSSR count). The molecule has 1 unspecified atom stereocenters. The van der Waals surface area contributed by atoms with E-state index in [-0.39, 0.29) is 6.09 Å². The first kappa shape index (κ1) is 16.6. The van der Waals surface area contributed by atoms with Crippen LogP contribution in [0.15, 0.2) is 34.8 Å². The molecule has 116 valence electrons. The summed E-state index contributed by atoms with van der Waals surface area (Å²) in [5, 5.41) is 8.81. The predicted octanol–water partition coefficient (Wildman–Crippen LogP) is 4.54. The van der Waals surface area contributed by atoms with Crippen molar-refractivity contribution in [3.63, 3.8) is 0 Å². The van der Waals surface area contributed by atoms with Crippen molar-refractivity contribution in [1.82, 2.24) is 0 Å². The number of hydrogen-bond donors (Lipinski definition) is 0. The van der Waals surface area contributed by atoms with Gasteiger partial charge >= 0.3 is 6.09 Å². The zero-order valence-electron chi connectivity index (χ0n) is 13.2. The quantitative estimate of drug-likeness (QED) is 0.689. The molecule has 1 aliphatic rings. The SMILES string of the molecule is CC(C)(C)OC(=O)N1CC(C)(/C=C/C#N)c2ccc(Br)cc21. The summed E-state index contributed by atoms with van der Waals surface area (Å²) < 4.78 is 6.40. The molecule has 1 aromatic rings. The largest absolute Gasteiger partial charge is 0.443 e. The van der Waals surface area contributed by atoms with E-state index in [4.69, 9.17) is 10.00 Å².